The second-order valence-corrected chi connectivity index (χ2v) is 24.0. The zero-order chi connectivity index (χ0) is 53.3. The minimum absolute atomic E-state index is 0.0103. The first kappa shape index (κ1) is 57.8. The molecule has 71 heavy (non-hydrogen) atoms. The summed E-state index contributed by atoms with van der Waals surface area (Å²) in [6.45, 7) is 18.6. The molecule has 4 unspecified atom stereocenters. The van der Waals surface area contributed by atoms with Gasteiger partial charge in [0.1, 0.15) is 30.1 Å². The third-order valence-corrected chi connectivity index (χ3v) is 18.8. The number of fused-ring (bicyclic) bond motifs is 5. The number of aliphatic hydroxyl groups excluding tert-OH is 4. The Bertz CT molecular complexity index is 2010. The summed E-state index contributed by atoms with van der Waals surface area (Å²) in [6, 6.07) is -1.14. The molecule has 6 aliphatic rings. The Morgan fingerprint density at radius 3 is 2.21 bits per heavy atom. The van der Waals surface area contributed by atoms with Crippen LogP contribution >= 0.6 is 0 Å². The summed E-state index contributed by atoms with van der Waals surface area (Å²) in [5, 5.41) is 87.1. The number of carbonyl (C=O) groups excluding carboxylic acids is 3. The van der Waals surface area contributed by atoms with Crippen LogP contribution in [0.1, 0.15) is 121 Å². The predicted molar refractivity (Wildman–Crippen MR) is 260 cm³/mol. The maximum absolute atomic E-state index is 17.8. The lowest BCUT2D eigenvalue weighted by Crippen LogP contribution is -2.71. The van der Waals surface area contributed by atoms with E-state index in [2.05, 4.69) is 5.32 Å². The van der Waals surface area contributed by atoms with Crippen molar-refractivity contribution in [1.82, 2.24) is 15.1 Å². The van der Waals surface area contributed by atoms with Crippen molar-refractivity contribution in [2.75, 3.05) is 33.7 Å². The first-order chi connectivity index (χ1) is 32.8. The maximum atomic E-state index is 17.8. The van der Waals surface area contributed by atoms with Gasteiger partial charge in [-0.1, -0.05) is 40.7 Å². The van der Waals surface area contributed by atoms with Crippen LogP contribution < -0.4 is 5.32 Å². The lowest BCUT2D eigenvalue weighted by Gasteiger charge is -2.63. The number of halogens is 2. The number of nitrogens with one attached hydrogen (secondary N) is 1. The van der Waals surface area contributed by atoms with Crippen LogP contribution in [0.15, 0.2) is 23.8 Å². The average Bonchev–Trinajstić information content (AvgIpc) is 3.49. The molecule has 6 rings (SSSR count). The van der Waals surface area contributed by atoms with Crippen LogP contribution in [-0.4, -0.2) is 187 Å². The third-order valence-electron chi connectivity index (χ3n) is 18.8. The van der Waals surface area contributed by atoms with E-state index in [1.165, 1.54) is 32.9 Å². The fourth-order valence-electron chi connectivity index (χ4n) is 14.5. The molecule has 0 aromatic carbocycles. The number of aliphatic hydroxyl groups is 7. The van der Waals surface area contributed by atoms with E-state index in [1.54, 1.807) is 41.5 Å². The van der Waals surface area contributed by atoms with Gasteiger partial charge in [0.25, 0.3) is 5.91 Å². The molecule has 23 atom stereocenters. The first-order valence-corrected chi connectivity index (χ1v) is 26.1. The maximum Gasteiger partial charge on any atom is 0.311 e. The van der Waals surface area contributed by atoms with Crippen LogP contribution in [0.2, 0.25) is 0 Å². The summed E-state index contributed by atoms with van der Waals surface area (Å²) in [4.78, 5) is 44.3. The number of ketones is 1. The first-order valence-electron chi connectivity index (χ1n) is 26.1. The van der Waals surface area contributed by atoms with Crippen molar-refractivity contribution in [2.45, 2.75) is 211 Å². The zero-order valence-electron chi connectivity index (χ0n) is 44.3. The van der Waals surface area contributed by atoms with Crippen LogP contribution in [0.5, 0.6) is 0 Å². The summed E-state index contributed by atoms with van der Waals surface area (Å²) in [7, 11) is 3.68. The molecule has 2 heterocycles. The molecule has 1 amide bonds. The van der Waals surface area contributed by atoms with Gasteiger partial charge in [-0.2, -0.15) is 0 Å². The molecule has 8 N–H and O–H groups in total. The van der Waals surface area contributed by atoms with E-state index >= 15 is 8.78 Å². The lowest BCUT2D eigenvalue weighted by atomic mass is 9.44. The molecule has 5 fully saturated rings. The van der Waals surface area contributed by atoms with Gasteiger partial charge in [0.2, 0.25) is 0 Å². The highest BCUT2D eigenvalue weighted by atomic mass is 19.1. The summed E-state index contributed by atoms with van der Waals surface area (Å²) in [5.74, 6) is -6.93. The van der Waals surface area contributed by atoms with Gasteiger partial charge in [-0.05, 0) is 136 Å². The van der Waals surface area contributed by atoms with Crippen LogP contribution in [0.3, 0.4) is 0 Å². The summed E-state index contributed by atoms with van der Waals surface area (Å²) < 4.78 is 52.4. The molecule has 0 radical (unpaired) electrons. The minimum Gasteiger partial charge on any atom is -0.459 e. The molecule has 0 bridgehead atoms. The molecular weight excluding hydrogens is 925 g/mol. The topological polar surface area (TPSA) is 239 Å². The molecule has 0 spiro atoms. The van der Waals surface area contributed by atoms with Gasteiger partial charge in [-0.3, -0.25) is 19.3 Å². The van der Waals surface area contributed by atoms with Crippen molar-refractivity contribution >= 4 is 17.7 Å². The Morgan fingerprint density at radius 2 is 1.59 bits per heavy atom. The van der Waals surface area contributed by atoms with Crippen LogP contribution in [-0.2, 0) is 28.6 Å². The number of carbonyl (C=O) groups is 3. The van der Waals surface area contributed by atoms with Gasteiger partial charge in [0.05, 0.1) is 35.9 Å². The largest absolute Gasteiger partial charge is 0.459 e. The summed E-state index contributed by atoms with van der Waals surface area (Å²) >= 11 is 0. The Labute approximate surface area is 419 Å². The third kappa shape index (κ3) is 9.97. The fraction of sp³-hybridized carbons (Fsp3) is 0.868. The predicted octanol–water partition coefficient (Wildman–Crippen LogP) is 3.15. The number of likely N-dealkylation sites (N-methyl/N-ethyl adjacent to an activating group) is 1. The molecule has 2 saturated heterocycles. The monoisotopic (exact) mass is 1010 g/mol. The number of cyclic esters (lactones) is 1. The van der Waals surface area contributed by atoms with E-state index in [0.29, 0.717) is 6.42 Å². The van der Waals surface area contributed by atoms with Gasteiger partial charge in [-0.15, -0.1) is 0 Å². The van der Waals surface area contributed by atoms with Gasteiger partial charge in [0.15, 0.2) is 23.3 Å². The number of nitrogens with zero attached hydrogens (tertiary/aromatic N) is 2. The number of esters is 1. The average molecular weight is 1010 g/mol. The highest BCUT2D eigenvalue weighted by molar-refractivity contribution is 6.01. The van der Waals surface area contributed by atoms with Crippen LogP contribution in [0, 0.1) is 46.3 Å². The van der Waals surface area contributed by atoms with Crippen molar-refractivity contribution < 1.29 is 73.1 Å². The molecule has 2 aliphatic heterocycles. The summed E-state index contributed by atoms with van der Waals surface area (Å²) in [5.41, 5.74) is -11.1. The standard InChI is InChI=1S/C53H87F2N3O13/c1-14-40-51(11,67)43(63)32(7)58(26-27(2)24-50(10,66)44(30(5)41(61)31(6)45(64)70-40)71-46-42(62)38(57(12)13)21-29(4)69-46)19-15-18-56-47(65)53(68)28(3)20-34-35-23-37(54)36-22-33(59)16-17-48(36,8)52(35,55)39(60)25-49(34,53)9/h16-17,22,27-32,34-35,37-44,46,60-63,66-68H,14-15,18-21,23-26H2,1-13H3,(H,56,65)/t27-,28-,29-,30+,31-,32-,34?,35?,37+,38-,39+,40-,41?,42-,43-,44?,46+,48+,49+,50-,51-,52+,53+/m1/s1. The van der Waals surface area contributed by atoms with Crippen molar-refractivity contribution in [3.05, 3.63) is 23.8 Å². The van der Waals surface area contributed by atoms with E-state index in [1.807, 2.05) is 37.7 Å². The van der Waals surface area contributed by atoms with Crippen LogP contribution in [0.4, 0.5) is 8.78 Å². The van der Waals surface area contributed by atoms with E-state index in [9.17, 15) is 50.1 Å². The molecule has 4 aliphatic carbocycles. The number of amides is 1. The number of hydrogen-bond acceptors (Lipinski definition) is 15. The van der Waals surface area contributed by atoms with Gasteiger partial charge >= 0.3 is 5.97 Å². The van der Waals surface area contributed by atoms with Gasteiger partial charge in [-0.25, -0.2) is 8.78 Å². The van der Waals surface area contributed by atoms with Crippen molar-refractivity contribution in [2.24, 2.45) is 46.3 Å². The highest BCUT2D eigenvalue weighted by Gasteiger charge is 2.77. The second-order valence-electron chi connectivity index (χ2n) is 24.0. The fourth-order valence-corrected chi connectivity index (χ4v) is 14.5. The lowest BCUT2D eigenvalue weighted by molar-refractivity contribution is -0.299. The minimum atomic E-state index is -2.37. The van der Waals surface area contributed by atoms with Crippen molar-refractivity contribution in [3.63, 3.8) is 0 Å². The number of hydrogen-bond donors (Lipinski definition) is 8. The van der Waals surface area contributed by atoms with E-state index in [-0.39, 0.29) is 81.8 Å². The van der Waals surface area contributed by atoms with Gasteiger partial charge in [0, 0.05) is 54.4 Å². The number of allylic oxidation sites excluding steroid dienone is 4. The van der Waals surface area contributed by atoms with Crippen LogP contribution in [0.25, 0.3) is 0 Å². The molecule has 16 nitrogen and oxygen atoms in total. The Hall–Kier alpha value is -2.49. The number of ether oxygens (including phenoxy) is 3. The molecule has 3 saturated carbocycles. The summed E-state index contributed by atoms with van der Waals surface area (Å²) in [6.07, 6.45) is -7.07. The van der Waals surface area contributed by atoms with Crippen molar-refractivity contribution in [3.8, 4) is 0 Å². The number of rotatable bonds is 9. The highest BCUT2D eigenvalue weighted by Crippen LogP contribution is 2.71. The smallest absolute Gasteiger partial charge is 0.311 e. The zero-order valence-corrected chi connectivity index (χ0v) is 44.3. The Morgan fingerprint density at radius 1 is 0.944 bits per heavy atom. The van der Waals surface area contributed by atoms with E-state index in [4.69, 9.17) is 14.2 Å². The quantitative estimate of drug-likeness (QED) is 0.122. The molecule has 0 aromatic heterocycles. The molecule has 406 valence electrons. The van der Waals surface area contributed by atoms with E-state index < -0.39 is 136 Å². The number of alkyl halides is 2. The SMILES string of the molecule is CC[C@H]1OC(=O)[C@H](C)C(O)[C@H](C)C(O[C@@H]2O[C@H](C)C[C@@H](N(C)C)[C@H]2O)[C@](C)(O)C[C@@H](C)CN(CCCNC(=O)[C@@]2(O)[C@H](C)CC3C4C[C@H](F)C5=CC(=O)C=C[C@]5(C)[C@@]4(F)[C@@H](O)C[C@@]32C)[C@H](C)[C@@H](O)[C@]1(C)O. The molecule has 0 aromatic rings. The normalized spacial score (nSPS) is 50.2. The van der Waals surface area contributed by atoms with Crippen molar-refractivity contribution in [1.29, 1.82) is 0 Å². The molecule has 18 heteroatoms. The Balaban J connectivity index is 1.23. The second kappa shape index (κ2) is 20.9. The molecular formula is C53H87F2N3O13. The Kier molecular flexibility index (Phi) is 17.0. The van der Waals surface area contributed by atoms with Gasteiger partial charge < -0.3 is 60.2 Å². The van der Waals surface area contributed by atoms with E-state index in [0.717, 1.165) is 6.08 Å².